The number of hydrogen-bond donors (Lipinski definition) is 3. The number of carboxylic acid groups (broad SMARTS) is 2. The summed E-state index contributed by atoms with van der Waals surface area (Å²) in [7, 11) is 0. The second-order valence-corrected chi connectivity index (χ2v) is 3.81. The Labute approximate surface area is 99.1 Å². The first-order valence-corrected chi connectivity index (χ1v) is 5.26. The third-order valence-electron chi connectivity index (χ3n) is 2.40. The van der Waals surface area contributed by atoms with Crippen LogP contribution in [0.1, 0.15) is 12.5 Å². The molecule has 0 aliphatic rings. The van der Waals surface area contributed by atoms with Crippen molar-refractivity contribution in [1.82, 2.24) is 5.32 Å². The fraction of sp³-hybridized carbons (Fsp3) is 0.333. The monoisotopic (exact) mass is 237 g/mol. The summed E-state index contributed by atoms with van der Waals surface area (Å²) in [6.07, 6.45) is 0.258. The highest BCUT2D eigenvalue weighted by molar-refractivity contribution is 5.77. The summed E-state index contributed by atoms with van der Waals surface area (Å²) in [5, 5.41) is 20.3. The van der Waals surface area contributed by atoms with E-state index >= 15 is 0 Å². The zero-order valence-electron chi connectivity index (χ0n) is 9.46. The molecular weight excluding hydrogens is 222 g/mol. The molecule has 0 aromatic heterocycles. The molecule has 3 N–H and O–H groups in total. The fourth-order valence-electron chi connectivity index (χ4n) is 1.44. The standard InChI is InChI=1S/C12H15NO4/c1-8(11(14)15)13-10(12(16)17)7-9-5-3-2-4-6-9/h2-6,8,10,13H,7H2,1H3,(H,14,15)(H,16,17)/t8-,10+/m1/s1. The van der Waals surface area contributed by atoms with Crippen LogP contribution in [-0.4, -0.2) is 34.2 Å². The van der Waals surface area contributed by atoms with E-state index < -0.39 is 24.0 Å². The van der Waals surface area contributed by atoms with Crippen molar-refractivity contribution in [3.63, 3.8) is 0 Å². The van der Waals surface area contributed by atoms with Gasteiger partial charge in [-0.25, -0.2) is 0 Å². The van der Waals surface area contributed by atoms with E-state index in [0.717, 1.165) is 5.56 Å². The molecule has 0 amide bonds. The molecule has 0 fully saturated rings. The number of carboxylic acids is 2. The molecule has 5 nitrogen and oxygen atoms in total. The second-order valence-electron chi connectivity index (χ2n) is 3.81. The van der Waals surface area contributed by atoms with Gasteiger partial charge in [0.2, 0.25) is 0 Å². The first kappa shape index (κ1) is 13.2. The van der Waals surface area contributed by atoms with E-state index in [4.69, 9.17) is 10.2 Å². The number of carbonyl (C=O) groups is 2. The molecule has 0 bridgehead atoms. The number of benzene rings is 1. The van der Waals surface area contributed by atoms with Gasteiger partial charge in [0.25, 0.3) is 0 Å². The van der Waals surface area contributed by atoms with Crippen LogP contribution in [0.5, 0.6) is 0 Å². The topological polar surface area (TPSA) is 86.6 Å². The van der Waals surface area contributed by atoms with Crippen LogP contribution in [0.3, 0.4) is 0 Å². The zero-order valence-corrected chi connectivity index (χ0v) is 9.46. The minimum Gasteiger partial charge on any atom is -0.480 e. The normalized spacial score (nSPS) is 13.9. The minimum absolute atomic E-state index is 0.258. The molecule has 0 unspecified atom stereocenters. The second kappa shape index (κ2) is 6.00. The van der Waals surface area contributed by atoms with Crippen LogP contribution in [0.2, 0.25) is 0 Å². The van der Waals surface area contributed by atoms with Gasteiger partial charge in [-0.1, -0.05) is 30.3 Å². The Morgan fingerprint density at radius 3 is 2.24 bits per heavy atom. The molecule has 1 aromatic carbocycles. The van der Waals surface area contributed by atoms with Crippen LogP contribution in [0.25, 0.3) is 0 Å². The molecule has 17 heavy (non-hydrogen) atoms. The van der Waals surface area contributed by atoms with Crippen LogP contribution in [-0.2, 0) is 16.0 Å². The molecule has 0 radical (unpaired) electrons. The number of hydrogen-bond acceptors (Lipinski definition) is 3. The predicted molar refractivity (Wildman–Crippen MR) is 61.8 cm³/mol. The highest BCUT2D eigenvalue weighted by atomic mass is 16.4. The fourth-order valence-corrected chi connectivity index (χ4v) is 1.44. The molecule has 0 spiro atoms. The molecule has 1 rings (SSSR count). The van der Waals surface area contributed by atoms with E-state index in [1.807, 2.05) is 30.3 Å². The highest BCUT2D eigenvalue weighted by Gasteiger charge is 2.22. The van der Waals surface area contributed by atoms with Crippen molar-refractivity contribution >= 4 is 11.9 Å². The molecule has 0 aliphatic carbocycles. The third-order valence-corrected chi connectivity index (χ3v) is 2.40. The van der Waals surface area contributed by atoms with Crippen molar-refractivity contribution in [2.24, 2.45) is 0 Å². The quantitative estimate of drug-likeness (QED) is 0.679. The van der Waals surface area contributed by atoms with Gasteiger partial charge in [0.15, 0.2) is 0 Å². The van der Waals surface area contributed by atoms with Crippen molar-refractivity contribution in [2.45, 2.75) is 25.4 Å². The Hall–Kier alpha value is -1.88. The average molecular weight is 237 g/mol. The number of aliphatic carboxylic acids is 2. The first-order chi connectivity index (χ1) is 8.00. The van der Waals surface area contributed by atoms with Gasteiger partial charge in [0, 0.05) is 0 Å². The highest BCUT2D eigenvalue weighted by Crippen LogP contribution is 2.04. The molecule has 1 aromatic rings. The maximum absolute atomic E-state index is 11.0. The van der Waals surface area contributed by atoms with E-state index in [9.17, 15) is 9.59 Å². The van der Waals surface area contributed by atoms with Gasteiger partial charge in [-0.05, 0) is 18.9 Å². The van der Waals surface area contributed by atoms with Gasteiger partial charge >= 0.3 is 11.9 Å². The molecule has 5 heteroatoms. The van der Waals surface area contributed by atoms with E-state index in [2.05, 4.69) is 5.32 Å². The van der Waals surface area contributed by atoms with Gasteiger partial charge in [-0.2, -0.15) is 0 Å². The molecule has 0 heterocycles. The smallest absolute Gasteiger partial charge is 0.321 e. The van der Waals surface area contributed by atoms with Crippen molar-refractivity contribution < 1.29 is 19.8 Å². The lowest BCUT2D eigenvalue weighted by Gasteiger charge is -2.17. The lowest BCUT2D eigenvalue weighted by atomic mass is 10.1. The van der Waals surface area contributed by atoms with E-state index in [1.54, 1.807) is 0 Å². The zero-order chi connectivity index (χ0) is 12.8. The summed E-state index contributed by atoms with van der Waals surface area (Å²) < 4.78 is 0. The Morgan fingerprint density at radius 2 is 1.76 bits per heavy atom. The van der Waals surface area contributed by atoms with E-state index in [-0.39, 0.29) is 6.42 Å². The predicted octanol–water partition coefficient (Wildman–Crippen LogP) is 0.745. The lowest BCUT2D eigenvalue weighted by molar-refractivity contribution is -0.142. The Kier molecular flexibility index (Phi) is 4.66. The van der Waals surface area contributed by atoms with E-state index in [1.165, 1.54) is 6.92 Å². The molecule has 0 aliphatic heterocycles. The SMILES string of the molecule is C[C@@H](N[C@@H](Cc1ccccc1)C(=O)O)C(=O)O. The largest absolute Gasteiger partial charge is 0.480 e. The third kappa shape index (κ3) is 4.24. The van der Waals surface area contributed by atoms with Crippen molar-refractivity contribution in [2.75, 3.05) is 0 Å². The van der Waals surface area contributed by atoms with E-state index in [0.29, 0.717) is 0 Å². The first-order valence-electron chi connectivity index (χ1n) is 5.26. The number of rotatable bonds is 6. The van der Waals surface area contributed by atoms with Gasteiger partial charge in [0.05, 0.1) is 0 Å². The summed E-state index contributed by atoms with van der Waals surface area (Å²) in [5.74, 6) is -2.12. The lowest BCUT2D eigenvalue weighted by Crippen LogP contribution is -2.46. The minimum atomic E-state index is -1.07. The summed E-state index contributed by atoms with van der Waals surface area (Å²) in [4.78, 5) is 21.7. The Balaban J connectivity index is 2.67. The number of nitrogens with one attached hydrogen (secondary N) is 1. The van der Waals surface area contributed by atoms with Gasteiger partial charge in [0.1, 0.15) is 12.1 Å². The van der Waals surface area contributed by atoms with Gasteiger partial charge in [-0.15, -0.1) is 0 Å². The van der Waals surface area contributed by atoms with Crippen LogP contribution in [0, 0.1) is 0 Å². The van der Waals surface area contributed by atoms with Gasteiger partial charge < -0.3 is 10.2 Å². The summed E-state index contributed by atoms with van der Waals surface area (Å²) in [6.45, 7) is 1.42. The molecule has 0 saturated carbocycles. The molecule has 0 saturated heterocycles. The molecular formula is C12H15NO4. The Bertz CT molecular complexity index is 391. The van der Waals surface area contributed by atoms with Crippen molar-refractivity contribution in [3.8, 4) is 0 Å². The summed E-state index contributed by atoms with van der Waals surface area (Å²) in [6, 6.07) is 7.30. The van der Waals surface area contributed by atoms with Crippen molar-refractivity contribution in [3.05, 3.63) is 35.9 Å². The molecule has 2 atom stereocenters. The van der Waals surface area contributed by atoms with Crippen LogP contribution in [0.4, 0.5) is 0 Å². The van der Waals surface area contributed by atoms with Gasteiger partial charge in [-0.3, -0.25) is 14.9 Å². The van der Waals surface area contributed by atoms with Crippen LogP contribution in [0.15, 0.2) is 30.3 Å². The van der Waals surface area contributed by atoms with Crippen molar-refractivity contribution in [1.29, 1.82) is 0 Å². The summed E-state index contributed by atoms with van der Waals surface area (Å²) in [5.41, 5.74) is 0.852. The molecule has 92 valence electrons. The average Bonchev–Trinajstić information content (AvgIpc) is 2.29. The maximum Gasteiger partial charge on any atom is 0.321 e. The summed E-state index contributed by atoms with van der Waals surface area (Å²) >= 11 is 0. The Morgan fingerprint density at radius 1 is 1.18 bits per heavy atom. The van der Waals surface area contributed by atoms with Crippen LogP contribution < -0.4 is 5.32 Å². The maximum atomic E-state index is 11.0. The van der Waals surface area contributed by atoms with Crippen LogP contribution >= 0.6 is 0 Å².